The van der Waals surface area contributed by atoms with Gasteiger partial charge in [-0.05, 0) is 25.1 Å². The SMILES string of the molecule is Cc1cc(=O)c2cc(NC(=O)c3nn(C)cc3[N+](=O)[O-])ccc2[nH]1. The van der Waals surface area contributed by atoms with Gasteiger partial charge in [0.15, 0.2) is 5.43 Å². The number of H-pyrrole nitrogens is 1. The van der Waals surface area contributed by atoms with Crippen molar-refractivity contribution < 1.29 is 9.72 Å². The molecule has 0 aliphatic heterocycles. The van der Waals surface area contributed by atoms with E-state index in [4.69, 9.17) is 0 Å². The number of fused-ring (bicyclic) bond motifs is 1. The first kappa shape index (κ1) is 15.4. The largest absolute Gasteiger partial charge is 0.358 e. The van der Waals surface area contributed by atoms with Crippen molar-refractivity contribution in [2.75, 3.05) is 5.32 Å². The first-order valence-corrected chi connectivity index (χ1v) is 6.98. The molecule has 1 amide bonds. The molecule has 0 aliphatic carbocycles. The molecule has 9 heteroatoms. The van der Waals surface area contributed by atoms with E-state index in [1.165, 1.54) is 23.9 Å². The number of pyridine rings is 1. The van der Waals surface area contributed by atoms with Gasteiger partial charge in [0.05, 0.1) is 4.92 Å². The normalized spacial score (nSPS) is 10.8. The Labute approximate surface area is 135 Å². The molecule has 0 radical (unpaired) electrons. The van der Waals surface area contributed by atoms with Gasteiger partial charge in [0.2, 0.25) is 5.69 Å². The number of amides is 1. The molecule has 0 saturated heterocycles. The molecule has 122 valence electrons. The highest BCUT2D eigenvalue weighted by molar-refractivity contribution is 6.06. The molecule has 24 heavy (non-hydrogen) atoms. The topological polar surface area (TPSA) is 123 Å². The van der Waals surface area contributed by atoms with Crippen LogP contribution in [0.15, 0.2) is 35.3 Å². The molecule has 2 heterocycles. The zero-order valence-corrected chi connectivity index (χ0v) is 12.9. The second kappa shape index (κ2) is 5.61. The molecule has 0 unspecified atom stereocenters. The monoisotopic (exact) mass is 327 g/mol. The minimum Gasteiger partial charge on any atom is -0.358 e. The number of carbonyl (C=O) groups is 1. The van der Waals surface area contributed by atoms with Gasteiger partial charge >= 0.3 is 5.69 Å². The third-order valence-corrected chi connectivity index (χ3v) is 3.44. The number of hydrogen-bond donors (Lipinski definition) is 2. The number of nitro groups is 1. The fourth-order valence-corrected chi connectivity index (χ4v) is 2.42. The van der Waals surface area contributed by atoms with Crippen molar-refractivity contribution in [3.63, 3.8) is 0 Å². The molecule has 1 aromatic carbocycles. The highest BCUT2D eigenvalue weighted by Crippen LogP contribution is 2.20. The average Bonchev–Trinajstić information content (AvgIpc) is 2.90. The first-order valence-electron chi connectivity index (χ1n) is 6.98. The van der Waals surface area contributed by atoms with Crippen LogP contribution in [0.4, 0.5) is 11.4 Å². The van der Waals surface area contributed by atoms with E-state index in [2.05, 4.69) is 15.4 Å². The van der Waals surface area contributed by atoms with Crippen molar-refractivity contribution in [1.29, 1.82) is 0 Å². The summed E-state index contributed by atoms with van der Waals surface area (Å²) in [5.41, 5.74) is 0.864. The Hall–Kier alpha value is -3.49. The molecule has 0 saturated carbocycles. The van der Waals surface area contributed by atoms with Crippen LogP contribution in [-0.4, -0.2) is 25.6 Å². The van der Waals surface area contributed by atoms with Crippen LogP contribution in [0.25, 0.3) is 10.9 Å². The first-order chi connectivity index (χ1) is 11.3. The van der Waals surface area contributed by atoms with Crippen LogP contribution < -0.4 is 10.7 Å². The van der Waals surface area contributed by atoms with Crippen molar-refractivity contribution >= 4 is 28.2 Å². The number of nitrogens with zero attached hydrogens (tertiary/aromatic N) is 3. The minimum atomic E-state index is -0.717. The highest BCUT2D eigenvalue weighted by atomic mass is 16.6. The van der Waals surface area contributed by atoms with Crippen molar-refractivity contribution in [2.24, 2.45) is 7.05 Å². The smallest absolute Gasteiger partial charge is 0.320 e. The number of aromatic nitrogens is 3. The number of carbonyl (C=O) groups excluding carboxylic acids is 1. The number of aryl methyl sites for hydroxylation is 2. The lowest BCUT2D eigenvalue weighted by molar-refractivity contribution is -0.385. The van der Waals surface area contributed by atoms with Gasteiger partial charge in [0.25, 0.3) is 5.91 Å². The van der Waals surface area contributed by atoms with Crippen molar-refractivity contribution in [2.45, 2.75) is 6.92 Å². The predicted molar refractivity (Wildman–Crippen MR) is 87.1 cm³/mol. The van der Waals surface area contributed by atoms with Gasteiger partial charge in [0, 0.05) is 35.4 Å². The van der Waals surface area contributed by atoms with Gasteiger partial charge in [0.1, 0.15) is 6.20 Å². The molecular weight excluding hydrogens is 314 g/mol. The number of anilines is 1. The van der Waals surface area contributed by atoms with Crippen LogP contribution in [-0.2, 0) is 7.05 Å². The molecular formula is C15H13N5O4. The van der Waals surface area contributed by atoms with Crippen LogP contribution in [0.5, 0.6) is 0 Å². The maximum Gasteiger partial charge on any atom is 0.320 e. The van der Waals surface area contributed by atoms with Crippen LogP contribution in [0.3, 0.4) is 0 Å². The zero-order chi connectivity index (χ0) is 17.4. The summed E-state index contributed by atoms with van der Waals surface area (Å²) in [4.78, 5) is 37.6. The van der Waals surface area contributed by atoms with Crippen LogP contribution in [0, 0.1) is 17.0 Å². The summed E-state index contributed by atoms with van der Waals surface area (Å²) in [5.74, 6) is -0.717. The molecule has 0 aliphatic rings. The Balaban J connectivity index is 1.97. The van der Waals surface area contributed by atoms with Gasteiger partial charge in [-0.1, -0.05) is 0 Å². The summed E-state index contributed by atoms with van der Waals surface area (Å²) in [7, 11) is 1.49. The maximum absolute atomic E-state index is 12.3. The van der Waals surface area contributed by atoms with E-state index in [1.807, 2.05) is 0 Å². The summed E-state index contributed by atoms with van der Waals surface area (Å²) in [5, 5.41) is 17.7. The molecule has 0 fully saturated rings. The third-order valence-electron chi connectivity index (χ3n) is 3.44. The number of rotatable bonds is 3. The van der Waals surface area contributed by atoms with Crippen molar-refractivity contribution in [1.82, 2.24) is 14.8 Å². The minimum absolute atomic E-state index is 0.179. The predicted octanol–water partition coefficient (Wildman–Crippen LogP) is 1.73. The summed E-state index contributed by atoms with van der Waals surface area (Å²) < 4.78 is 1.20. The van der Waals surface area contributed by atoms with Crippen molar-refractivity contribution in [3.8, 4) is 0 Å². The van der Waals surface area contributed by atoms with Crippen LogP contribution >= 0.6 is 0 Å². The molecule has 0 atom stereocenters. The fourth-order valence-electron chi connectivity index (χ4n) is 2.42. The van der Waals surface area contributed by atoms with Gasteiger partial charge < -0.3 is 10.3 Å². The summed E-state index contributed by atoms with van der Waals surface area (Å²) in [6, 6.07) is 6.23. The van der Waals surface area contributed by atoms with Crippen LogP contribution in [0.2, 0.25) is 0 Å². The summed E-state index contributed by atoms with van der Waals surface area (Å²) >= 11 is 0. The second-order valence-corrected chi connectivity index (χ2v) is 5.32. The van der Waals surface area contributed by atoms with E-state index < -0.39 is 10.8 Å². The maximum atomic E-state index is 12.3. The Morgan fingerprint density at radius 1 is 1.38 bits per heavy atom. The number of benzene rings is 1. The zero-order valence-electron chi connectivity index (χ0n) is 12.9. The van der Waals surface area contributed by atoms with E-state index in [-0.39, 0.29) is 16.8 Å². The lowest BCUT2D eigenvalue weighted by Crippen LogP contribution is -2.15. The molecule has 3 rings (SSSR count). The van der Waals surface area contributed by atoms with Gasteiger partial charge in [-0.25, -0.2) is 0 Å². The average molecular weight is 327 g/mol. The van der Waals surface area contributed by atoms with E-state index >= 15 is 0 Å². The summed E-state index contributed by atoms with van der Waals surface area (Å²) in [6.45, 7) is 1.77. The standard InChI is InChI=1S/C15H13N5O4/c1-8-5-13(21)10-6-9(3-4-11(10)16-8)17-15(22)14-12(20(23)24)7-19(2)18-14/h3-7H,1-2H3,(H,16,21)(H,17,22). The van der Waals surface area contributed by atoms with Crippen molar-refractivity contribution in [3.05, 3.63) is 62.2 Å². The Morgan fingerprint density at radius 3 is 2.83 bits per heavy atom. The molecule has 0 spiro atoms. The van der Waals surface area contributed by atoms with E-state index in [0.717, 1.165) is 11.9 Å². The molecule has 9 nitrogen and oxygen atoms in total. The molecule has 2 N–H and O–H groups in total. The Bertz CT molecular complexity index is 1030. The molecule has 2 aromatic heterocycles. The Kier molecular flexibility index (Phi) is 3.60. The van der Waals surface area contributed by atoms with Crippen LogP contribution in [0.1, 0.15) is 16.2 Å². The molecule has 3 aromatic rings. The van der Waals surface area contributed by atoms with Gasteiger partial charge in [-0.2, -0.15) is 5.10 Å². The molecule has 0 bridgehead atoms. The third kappa shape index (κ3) is 2.74. The Morgan fingerprint density at radius 2 is 2.12 bits per heavy atom. The quantitative estimate of drug-likeness (QED) is 0.560. The number of nitrogens with one attached hydrogen (secondary N) is 2. The van der Waals surface area contributed by atoms with E-state index in [9.17, 15) is 19.7 Å². The lowest BCUT2D eigenvalue weighted by Gasteiger charge is -2.05. The highest BCUT2D eigenvalue weighted by Gasteiger charge is 2.25. The van der Waals surface area contributed by atoms with E-state index in [1.54, 1.807) is 19.1 Å². The fraction of sp³-hybridized carbons (Fsp3) is 0.133. The van der Waals surface area contributed by atoms with E-state index in [0.29, 0.717) is 16.6 Å². The second-order valence-electron chi connectivity index (χ2n) is 5.32. The lowest BCUT2D eigenvalue weighted by atomic mass is 10.1. The van der Waals surface area contributed by atoms with Gasteiger partial charge in [-0.3, -0.25) is 24.4 Å². The summed E-state index contributed by atoms with van der Waals surface area (Å²) in [6.07, 6.45) is 1.16. The number of aromatic amines is 1. The van der Waals surface area contributed by atoms with Gasteiger partial charge in [-0.15, -0.1) is 0 Å². The number of hydrogen-bond acceptors (Lipinski definition) is 5.